The molecular formula is C13H22Si. The summed E-state index contributed by atoms with van der Waals surface area (Å²) < 4.78 is 0. The van der Waals surface area contributed by atoms with Gasteiger partial charge in [0.25, 0.3) is 0 Å². The summed E-state index contributed by atoms with van der Waals surface area (Å²) in [6.45, 7) is 6.83. The van der Waals surface area contributed by atoms with Gasteiger partial charge in [-0.3, -0.25) is 0 Å². The third kappa shape index (κ3) is 2.14. The minimum absolute atomic E-state index is 0.399. The van der Waals surface area contributed by atoms with E-state index in [1.54, 1.807) is 5.57 Å². The van der Waals surface area contributed by atoms with E-state index in [0.29, 0.717) is 5.41 Å². The van der Waals surface area contributed by atoms with Crippen LogP contribution in [-0.4, -0.2) is 15.5 Å². The van der Waals surface area contributed by atoms with Gasteiger partial charge in [0, 0.05) is 5.41 Å². The fourth-order valence-electron chi connectivity index (χ4n) is 2.40. The van der Waals surface area contributed by atoms with Gasteiger partial charge >= 0.3 is 0 Å². The van der Waals surface area contributed by atoms with Crippen LogP contribution < -0.4 is 0 Å². The van der Waals surface area contributed by atoms with Crippen molar-refractivity contribution in [3.63, 3.8) is 0 Å². The average molecular weight is 206 g/mol. The molecule has 1 unspecified atom stereocenters. The van der Waals surface area contributed by atoms with Gasteiger partial charge in [-0.15, -0.1) is 5.67 Å². The number of hydrogen-bond donors (Lipinski definition) is 0. The highest BCUT2D eigenvalue weighted by Crippen LogP contribution is 2.44. The molecule has 0 aromatic carbocycles. The van der Waals surface area contributed by atoms with Crippen LogP contribution in [-0.2, 0) is 0 Å². The molecule has 1 aliphatic rings. The Morgan fingerprint density at radius 3 is 2.50 bits per heavy atom. The Hall–Kier alpha value is -0.433. The standard InChI is InChI=1S/C13H22Si/c1-4-7-13(8-5-10-14)9-6-11(2)12(13)3/h6,9-10H,4-5,7-8,14H2,1-3H3. The van der Waals surface area contributed by atoms with Crippen molar-refractivity contribution in [2.45, 2.75) is 46.5 Å². The molecule has 1 atom stereocenters. The van der Waals surface area contributed by atoms with Crippen molar-refractivity contribution < 1.29 is 0 Å². The van der Waals surface area contributed by atoms with Crippen LogP contribution in [0, 0.1) is 5.41 Å². The normalized spacial score (nSPS) is 25.9. The zero-order chi connectivity index (χ0) is 10.6. The zero-order valence-corrected chi connectivity index (χ0v) is 11.2. The highest BCUT2D eigenvalue weighted by atomic mass is 28.1. The van der Waals surface area contributed by atoms with Gasteiger partial charge in [0.1, 0.15) is 0 Å². The second-order valence-corrected chi connectivity index (χ2v) is 4.95. The van der Waals surface area contributed by atoms with Crippen LogP contribution in [0.25, 0.3) is 0 Å². The minimum atomic E-state index is 0.399. The van der Waals surface area contributed by atoms with Gasteiger partial charge in [-0.05, 0) is 43.0 Å². The molecule has 0 spiro atoms. The van der Waals surface area contributed by atoms with Crippen LogP contribution in [0.4, 0.5) is 0 Å². The first kappa shape index (κ1) is 11.6. The quantitative estimate of drug-likeness (QED) is 0.607. The van der Waals surface area contributed by atoms with Gasteiger partial charge in [-0.2, -0.15) is 0 Å². The van der Waals surface area contributed by atoms with E-state index in [9.17, 15) is 0 Å². The molecule has 0 radical (unpaired) electrons. The SMILES string of the molecule is CCCC1(CCC=[SiH2])C=CC(C)=C1C. The second kappa shape index (κ2) is 4.88. The molecule has 1 aliphatic carbocycles. The van der Waals surface area contributed by atoms with Crippen LogP contribution in [0.3, 0.4) is 0 Å². The molecule has 0 saturated carbocycles. The summed E-state index contributed by atoms with van der Waals surface area (Å²) in [5.41, 5.74) is 5.80. The van der Waals surface area contributed by atoms with E-state index < -0.39 is 0 Å². The van der Waals surface area contributed by atoms with Gasteiger partial charge in [-0.1, -0.05) is 36.6 Å². The van der Waals surface area contributed by atoms with Crippen LogP contribution in [0.15, 0.2) is 23.3 Å². The molecule has 78 valence electrons. The third-order valence-electron chi connectivity index (χ3n) is 3.48. The van der Waals surface area contributed by atoms with Crippen molar-refractivity contribution >= 4 is 15.5 Å². The first-order chi connectivity index (χ1) is 6.66. The van der Waals surface area contributed by atoms with Crippen molar-refractivity contribution in [1.29, 1.82) is 0 Å². The van der Waals surface area contributed by atoms with Crippen LogP contribution >= 0.6 is 0 Å². The Bertz CT molecular complexity index is 273. The highest BCUT2D eigenvalue weighted by molar-refractivity contribution is 6.27. The molecule has 0 aromatic heterocycles. The molecular weight excluding hydrogens is 184 g/mol. The molecule has 1 heteroatoms. The number of hydrogen-bond acceptors (Lipinski definition) is 0. The summed E-state index contributed by atoms with van der Waals surface area (Å²) in [6, 6.07) is 0. The first-order valence-corrected chi connectivity index (χ1v) is 6.46. The fraction of sp³-hybridized carbons (Fsp3) is 0.615. The smallest absolute Gasteiger partial charge is 0.00995 e. The molecule has 14 heavy (non-hydrogen) atoms. The maximum atomic E-state index is 2.44. The summed E-state index contributed by atoms with van der Waals surface area (Å²) in [6.07, 6.45) is 9.87. The largest absolute Gasteiger partial charge is 0.109 e. The summed E-state index contributed by atoms with van der Waals surface area (Å²) >= 11 is 0. The van der Waals surface area contributed by atoms with Crippen LogP contribution in [0.1, 0.15) is 46.5 Å². The molecule has 1 rings (SSSR count). The third-order valence-corrected chi connectivity index (χ3v) is 3.89. The molecule has 0 saturated heterocycles. The lowest BCUT2D eigenvalue weighted by molar-refractivity contribution is 0.397. The van der Waals surface area contributed by atoms with Crippen molar-refractivity contribution in [3.05, 3.63) is 23.3 Å². The lowest BCUT2D eigenvalue weighted by atomic mass is 9.75. The topological polar surface area (TPSA) is 0 Å². The van der Waals surface area contributed by atoms with E-state index in [2.05, 4.69) is 38.6 Å². The van der Waals surface area contributed by atoms with E-state index in [1.807, 2.05) is 9.85 Å². The monoisotopic (exact) mass is 206 g/mol. The number of rotatable bonds is 5. The lowest BCUT2D eigenvalue weighted by Gasteiger charge is -2.29. The minimum Gasteiger partial charge on any atom is -0.109 e. The number of allylic oxidation sites excluding steroid dienone is 4. The molecule has 0 heterocycles. The van der Waals surface area contributed by atoms with Crippen molar-refractivity contribution in [2.75, 3.05) is 0 Å². The summed E-state index contributed by atoms with van der Waals surface area (Å²) in [5, 5.41) is 0. The van der Waals surface area contributed by atoms with E-state index >= 15 is 0 Å². The Balaban J connectivity index is 2.83. The van der Waals surface area contributed by atoms with Gasteiger partial charge in [0.05, 0.1) is 0 Å². The summed E-state index contributed by atoms with van der Waals surface area (Å²) in [5.74, 6) is 0. The lowest BCUT2D eigenvalue weighted by Crippen LogP contribution is -2.18. The Labute approximate surface area is 91.1 Å². The first-order valence-electron chi connectivity index (χ1n) is 5.64. The molecule has 0 N–H and O–H groups in total. The van der Waals surface area contributed by atoms with Gasteiger partial charge in [-0.25, -0.2) is 0 Å². The molecule has 0 aromatic rings. The Morgan fingerprint density at radius 2 is 2.07 bits per heavy atom. The molecule has 0 aliphatic heterocycles. The molecule has 0 bridgehead atoms. The maximum Gasteiger partial charge on any atom is 0.00995 e. The van der Waals surface area contributed by atoms with Crippen molar-refractivity contribution in [2.24, 2.45) is 5.41 Å². The maximum absolute atomic E-state index is 2.44. The van der Waals surface area contributed by atoms with E-state index in [4.69, 9.17) is 0 Å². The van der Waals surface area contributed by atoms with E-state index in [-0.39, 0.29) is 0 Å². The highest BCUT2D eigenvalue weighted by Gasteiger charge is 2.31. The summed E-state index contributed by atoms with van der Waals surface area (Å²) in [7, 11) is 1.97. The zero-order valence-electron chi connectivity index (χ0n) is 9.77. The Morgan fingerprint density at radius 1 is 1.36 bits per heavy atom. The average Bonchev–Trinajstić information content (AvgIpc) is 2.45. The molecule has 0 nitrogen and oxygen atoms in total. The van der Waals surface area contributed by atoms with Crippen molar-refractivity contribution in [3.8, 4) is 0 Å². The van der Waals surface area contributed by atoms with Crippen molar-refractivity contribution in [1.82, 2.24) is 0 Å². The summed E-state index contributed by atoms with van der Waals surface area (Å²) in [4.78, 5) is 0. The van der Waals surface area contributed by atoms with Gasteiger partial charge in [0.2, 0.25) is 0 Å². The fourth-order valence-corrected chi connectivity index (χ4v) is 2.60. The molecule has 0 amide bonds. The molecule has 0 fully saturated rings. The van der Waals surface area contributed by atoms with E-state index in [0.717, 1.165) is 0 Å². The predicted octanol–water partition coefficient (Wildman–Crippen LogP) is 2.89. The second-order valence-electron chi connectivity index (χ2n) is 4.37. The van der Waals surface area contributed by atoms with E-state index in [1.165, 1.54) is 31.3 Å². The van der Waals surface area contributed by atoms with Gasteiger partial charge in [0.15, 0.2) is 0 Å². The predicted molar refractivity (Wildman–Crippen MR) is 68.7 cm³/mol. The van der Waals surface area contributed by atoms with Crippen LogP contribution in [0.2, 0.25) is 0 Å². The van der Waals surface area contributed by atoms with Gasteiger partial charge < -0.3 is 0 Å². The Kier molecular flexibility index (Phi) is 4.06. The van der Waals surface area contributed by atoms with Crippen LogP contribution in [0.5, 0.6) is 0 Å².